The molecule has 0 amide bonds. The monoisotopic (exact) mass is 457 g/mol. The number of anilines is 1. The van der Waals surface area contributed by atoms with Crippen molar-refractivity contribution in [3.8, 4) is 0 Å². The lowest BCUT2D eigenvalue weighted by Gasteiger charge is -2.16. The molecule has 0 spiro atoms. The first-order valence-electron chi connectivity index (χ1n) is 8.71. The van der Waals surface area contributed by atoms with Gasteiger partial charge in [0.15, 0.2) is 0 Å². The zero-order chi connectivity index (χ0) is 20.9. The van der Waals surface area contributed by atoms with Gasteiger partial charge in [-0.2, -0.15) is 0 Å². The molecule has 0 saturated carbocycles. The normalized spacial score (nSPS) is 12.6. The van der Waals surface area contributed by atoms with E-state index in [1.807, 2.05) is 32.1 Å². The summed E-state index contributed by atoms with van der Waals surface area (Å²) in [6, 6.07) is 11.8. The molecule has 0 bridgehead atoms. The van der Waals surface area contributed by atoms with E-state index in [4.69, 9.17) is 0 Å². The van der Waals surface area contributed by atoms with Crippen molar-refractivity contribution < 1.29 is 8.42 Å². The first-order chi connectivity index (χ1) is 13.2. The summed E-state index contributed by atoms with van der Waals surface area (Å²) in [7, 11) is -3.62. The van der Waals surface area contributed by atoms with Crippen LogP contribution in [0.4, 0.5) is 5.69 Å². The number of nitrogens with one attached hydrogen (secondary N) is 1. The standard InChI is InChI=1S/C23H24BrNO2S/c1-6-7-9-16(2)17(3)19(5)25-22-10-8-11-23(18(22)4)28(26,27)21-14-12-20(24)13-15-21/h6-15,25H,1,5H2,2-4H3/b9-7-,17-16+. The predicted molar refractivity (Wildman–Crippen MR) is 121 cm³/mol. The molecule has 0 aromatic heterocycles. The number of hydrogen-bond acceptors (Lipinski definition) is 3. The summed E-state index contributed by atoms with van der Waals surface area (Å²) in [4.78, 5) is 0.536. The number of benzene rings is 2. The Kier molecular flexibility index (Phi) is 7.22. The molecule has 2 aromatic rings. The zero-order valence-corrected chi connectivity index (χ0v) is 18.7. The molecule has 0 aliphatic rings. The van der Waals surface area contributed by atoms with Gasteiger partial charge in [-0.15, -0.1) is 0 Å². The number of halogens is 1. The Morgan fingerprint density at radius 3 is 2.36 bits per heavy atom. The Bertz CT molecular complexity index is 1060. The van der Waals surface area contributed by atoms with E-state index in [-0.39, 0.29) is 9.79 Å². The van der Waals surface area contributed by atoms with Crippen LogP contribution in [-0.4, -0.2) is 8.42 Å². The summed E-state index contributed by atoms with van der Waals surface area (Å²) >= 11 is 3.33. The van der Waals surface area contributed by atoms with Crippen molar-refractivity contribution in [1.29, 1.82) is 0 Å². The molecule has 0 aliphatic carbocycles. The highest BCUT2D eigenvalue weighted by Gasteiger charge is 2.21. The van der Waals surface area contributed by atoms with E-state index in [9.17, 15) is 8.42 Å². The van der Waals surface area contributed by atoms with Crippen LogP contribution in [0.2, 0.25) is 0 Å². The van der Waals surface area contributed by atoms with Gasteiger partial charge in [0.05, 0.1) is 9.79 Å². The molecule has 2 aromatic carbocycles. The Balaban J connectivity index is 2.40. The largest absolute Gasteiger partial charge is 0.356 e. The van der Waals surface area contributed by atoms with E-state index in [0.717, 1.165) is 15.6 Å². The third kappa shape index (κ3) is 4.91. The topological polar surface area (TPSA) is 46.2 Å². The van der Waals surface area contributed by atoms with Crippen LogP contribution in [0.3, 0.4) is 0 Å². The molecule has 0 radical (unpaired) electrons. The third-order valence-electron chi connectivity index (χ3n) is 4.51. The minimum absolute atomic E-state index is 0.260. The first-order valence-corrected chi connectivity index (χ1v) is 11.0. The fourth-order valence-electron chi connectivity index (χ4n) is 2.61. The highest BCUT2D eigenvalue weighted by atomic mass is 79.9. The van der Waals surface area contributed by atoms with E-state index in [2.05, 4.69) is 34.4 Å². The second-order valence-electron chi connectivity index (χ2n) is 6.39. The second kappa shape index (κ2) is 9.22. The molecule has 2 rings (SSSR count). The fourth-order valence-corrected chi connectivity index (χ4v) is 4.40. The molecular formula is C23H24BrNO2S. The quantitative estimate of drug-likeness (QED) is 0.476. The Morgan fingerprint density at radius 1 is 1.11 bits per heavy atom. The van der Waals surface area contributed by atoms with Crippen molar-refractivity contribution in [2.24, 2.45) is 0 Å². The summed E-state index contributed by atoms with van der Waals surface area (Å²) in [6.07, 6.45) is 5.53. The van der Waals surface area contributed by atoms with Gasteiger partial charge in [-0.1, -0.05) is 53.4 Å². The number of hydrogen-bond donors (Lipinski definition) is 1. The van der Waals surface area contributed by atoms with Crippen LogP contribution >= 0.6 is 15.9 Å². The summed E-state index contributed by atoms with van der Waals surface area (Å²) in [5.74, 6) is 0. The molecule has 28 heavy (non-hydrogen) atoms. The average molecular weight is 458 g/mol. The number of sulfone groups is 1. The van der Waals surface area contributed by atoms with Crippen molar-refractivity contribution in [3.05, 3.63) is 101 Å². The van der Waals surface area contributed by atoms with Gasteiger partial charge in [-0.05, 0) is 73.9 Å². The van der Waals surface area contributed by atoms with Crippen LogP contribution in [-0.2, 0) is 9.84 Å². The Labute approximate surface area is 176 Å². The number of allylic oxidation sites excluding steroid dienone is 5. The molecule has 0 unspecified atom stereocenters. The van der Waals surface area contributed by atoms with Crippen LogP contribution < -0.4 is 5.32 Å². The maximum absolute atomic E-state index is 13.1. The molecule has 0 saturated heterocycles. The van der Waals surface area contributed by atoms with Crippen molar-refractivity contribution in [2.45, 2.75) is 30.6 Å². The van der Waals surface area contributed by atoms with Crippen molar-refractivity contribution >= 4 is 31.5 Å². The van der Waals surface area contributed by atoms with Gasteiger partial charge in [0.1, 0.15) is 0 Å². The van der Waals surface area contributed by atoms with Gasteiger partial charge in [-0.3, -0.25) is 0 Å². The summed E-state index contributed by atoms with van der Waals surface area (Å²) < 4.78 is 27.0. The lowest BCUT2D eigenvalue weighted by Crippen LogP contribution is -2.08. The van der Waals surface area contributed by atoms with Gasteiger partial charge in [0.2, 0.25) is 9.84 Å². The average Bonchev–Trinajstić information content (AvgIpc) is 2.67. The molecule has 5 heteroatoms. The minimum atomic E-state index is -3.62. The molecule has 0 aliphatic heterocycles. The molecular weight excluding hydrogens is 434 g/mol. The maximum Gasteiger partial charge on any atom is 0.206 e. The highest BCUT2D eigenvalue weighted by molar-refractivity contribution is 9.10. The van der Waals surface area contributed by atoms with Crippen molar-refractivity contribution in [1.82, 2.24) is 0 Å². The minimum Gasteiger partial charge on any atom is -0.356 e. The third-order valence-corrected chi connectivity index (χ3v) is 6.95. The lowest BCUT2D eigenvalue weighted by atomic mass is 10.1. The van der Waals surface area contributed by atoms with Crippen LogP contribution in [0, 0.1) is 6.92 Å². The lowest BCUT2D eigenvalue weighted by molar-refractivity contribution is 0.595. The summed E-state index contributed by atoms with van der Waals surface area (Å²) in [6.45, 7) is 13.5. The van der Waals surface area contributed by atoms with E-state index in [0.29, 0.717) is 16.9 Å². The fraction of sp³-hybridized carbons (Fsp3) is 0.130. The van der Waals surface area contributed by atoms with Crippen LogP contribution in [0.25, 0.3) is 0 Å². The molecule has 1 N–H and O–H groups in total. The van der Waals surface area contributed by atoms with Gasteiger partial charge < -0.3 is 5.32 Å². The summed E-state index contributed by atoms with van der Waals surface area (Å²) in [5, 5.41) is 3.26. The van der Waals surface area contributed by atoms with Gasteiger partial charge in [0, 0.05) is 15.9 Å². The Hall–Kier alpha value is -2.37. The van der Waals surface area contributed by atoms with Gasteiger partial charge in [0.25, 0.3) is 0 Å². The van der Waals surface area contributed by atoms with E-state index < -0.39 is 9.84 Å². The smallest absolute Gasteiger partial charge is 0.206 e. The molecule has 3 nitrogen and oxygen atoms in total. The molecule has 0 heterocycles. The molecule has 146 valence electrons. The zero-order valence-electron chi connectivity index (χ0n) is 16.3. The SMILES string of the molecule is C=C/C=C\C(C)=C(/C)C(=C)Nc1cccc(S(=O)(=O)c2ccc(Br)cc2)c1C. The van der Waals surface area contributed by atoms with Gasteiger partial charge >= 0.3 is 0 Å². The van der Waals surface area contributed by atoms with E-state index in [1.165, 1.54) is 0 Å². The Morgan fingerprint density at radius 2 is 1.75 bits per heavy atom. The van der Waals surface area contributed by atoms with Crippen LogP contribution in [0.15, 0.2) is 105 Å². The second-order valence-corrected chi connectivity index (χ2v) is 9.23. The predicted octanol–water partition coefficient (Wildman–Crippen LogP) is 6.59. The molecule has 0 atom stereocenters. The maximum atomic E-state index is 13.1. The van der Waals surface area contributed by atoms with Crippen molar-refractivity contribution in [3.63, 3.8) is 0 Å². The van der Waals surface area contributed by atoms with Crippen LogP contribution in [0.5, 0.6) is 0 Å². The molecule has 0 fully saturated rings. The van der Waals surface area contributed by atoms with Crippen molar-refractivity contribution in [2.75, 3.05) is 5.32 Å². The first kappa shape index (κ1) is 21.9. The van der Waals surface area contributed by atoms with Crippen LogP contribution in [0.1, 0.15) is 19.4 Å². The van der Waals surface area contributed by atoms with Gasteiger partial charge in [-0.25, -0.2) is 8.42 Å². The highest BCUT2D eigenvalue weighted by Crippen LogP contribution is 2.30. The van der Waals surface area contributed by atoms with E-state index >= 15 is 0 Å². The summed E-state index contributed by atoms with van der Waals surface area (Å²) in [5.41, 5.74) is 4.11. The number of rotatable bonds is 7. The van der Waals surface area contributed by atoms with E-state index in [1.54, 1.807) is 49.4 Å².